The van der Waals surface area contributed by atoms with Crippen LogP contribution in [0.3, 0.4) is 0 Å². The highest BCUT2D eigenvalue weighted by molar-refractivity contribution is 6.66. The van der Waals surface area contributed by atoms with E-state index in [2.05, 4.69) is 51.7 Å². The van der Waals surface area contributed by atoms with Crippen LogP contribution >= 0.6 is 0 Å². The van der Waals surface area contributed by atoms with Crippen molar-refractivity contribution in [1.82, 2.24) is 0 Å². The van der Waals surface area contributed by atoms with Crippen molar-refractivity contribution in [3.05, 3.63) is 35.9 Å². The normalized spacial score (nSPS) is 9.67. The molecule has 0 saturated carbocycles. The van der Waals surface area contributed by atoms with E-state index in [1.54, 1.807) is 0 Å². The van der Waals surface area contributed by atoms with Crippen molar-refractivity contribution in [3.8, 4) is 4.93 Å². The molecule has 0 spiro atoms. The first-order valence-corrected chi connectivity index (χ1v) is 9.08. The van der Waals surface area contributed by atoms with Crippen LogP contribution in [-0.2, 0) is 0 Å². The number of benzene rings is 1. The van der Waals surface area contributed by atoms with Gasteiger partial charge in [-0.05, 0) is 6.92 Å². The first-order valence-electron chi connectivity index (χ1n) is 6.87. The SMILES string of the molecule is CC(C)[CH2][Al]([C]#N)[CH2]C(C)C.Cc1ccccc1. The Balaban J connectivity index is 0.000000351. The van der Waals surface area contributed by atoms with Crippen molar-refractivity contribution < 1.29 is 0 Å². The van der Waals surface area contributed by atoms with Gasteiger partial charge in [0.15, 0.2) is 0 Å². The Kier molecular flexibility index (Phi) is 9.76. The molecule has 0 unspecified atom stereocenters. The smallest absolute Gasteiger partial charge is 0.225 e. The number of nitriles is 1. The van der Waals surface area contributed by atoms with Crippen LogP contribution in [0.25, 0.3) is 0 Å². The van der Waals surface area contributed by atoms with E-state index in [0.717, 1.165) is 0 Å². The fraction of sp³-hybridized carbons (Fsp3) is 0.562. The Hall–Kier alpha value is -0.758. The number of hydrogen-bond donors (Lipinski definition) is 0. The van der Waals surface area contributed by atoms with Gasteiger partial charge in [0, 0.05) is 0 Å². The maximum atomic E-state index is 8.84. The second-order valence-electron chi connectivity index (χ2n) is 5.74. The second kappa shape index (κ2) is 10.2. The molecule has 0 aliphatic carbocycles. The Labute approximate surface area is 117 Å². The molecule has 1 aromatic rings. The van der Waals surface area contributed by atoms with E-state index in [1.165, 1.54) is 16.1 Å². The average Bonchev–Trinajstić information content (AvgIpc) is 2.28. The monoisotopic (exact) mass is 259 g/mol. The fourth-order valence-corrected chi connectivity index (χ4v) is 4.55. The van der Waals surface area contributed by atoms with E-state index >= 15 is 0 Å². The minimum absolute atomic E-state index is 0.713. The van der Waals surface area contributed by atoms with Gasteiger partial charge in [0.1, 0.15) is 0 Å². The second-order valence-corrected chi connectivity index (χ2v) is 8.33. The molecule has 0 amide bonds. The molecule has 0 N–H and O–H groups in total. The van der Waals surface area contributed by atoms with Crippen molar-refractivity contribution in [3.63, 3.8) is 0 Å². The zero-order valence-corrected chi connectivity index (χ0v) is 13.6. The summed E-state index contributed by atoms with van der Waals surface area (Å²) < 4.78 is 0. The van der Waals surface area contributed by atoms with Gasteiger partial charge in [-0.25, -0.2) is 5.26 Å². The molecule has 0 aliphatic heterocycles. The zero-order chi connectivity index (χ0) is 14.0. The summed E-state index contributed by atoms with van der Waals surface area (Å²) in [6.07, 6.45) is 0. The molecule has 18 heavy (non-hydrogen) atoms. The maximum absolute atomic E-state index is 8.84. The van der Waals surface area contributed by atoms with Gasteiger partial charge in [-0.1, -0.05) is 90.9 Å². The summed E-state index contributed by atoms with van der Waals surface area (Å²) in [4.78, 5) is 2.50. The Morgan fingerprint density at radius 1 is 1.00 bits per heavy atom. The molecule has 2 heteroatoms. The van der Waals surface area contributed by atoms with Crippen molar-refractivity contribution in [2.45, 2.75) is 45.2 Å². The maximum Gasteiger partial charge on any atom is 0.422 e. The van der Waals surface area contributed by atoms with Crippen LogP contribution < -0.4 is 0 Å². The van der Waals surface area contributed by atoms with E-state index in [4.69, 9.17) is 5.26 Å². The third-order valence-electron chi connectivity index (χ3n) is 2.63. The first-order chi connectivity index (χ1) is 8.45. The standard InChI is InChI=1S/C7H8.2C4H9.CN.Al/c1-7-5-3-2-4-6-7;2*1-4(2)3;1-2;/h2-6H,1H3;2*4H,1H2,2-3H3;;. The van der Waals surface area contributed by atoms with E-state index < -0.39 is 14.1 Å². The van der Waals surface area contributed by atoms with Gasteiger partial charge in [-0.3, -0.25) is 0 Å². The van der Waals surface area contributed by atoms with Crippen molar-refractivity contribution in [2.75, 3.05) is 0 Å². The van der Waals surface area contributed by atoms with Crippen LogP contribution in [0.2, 0.25) is 10.6 Å². The number of nitrogens with zero attached hydrogens (tertiary/aromatic N) is 1. The summed E-state index contributed by atoms with van der Waals surface area (Å²) in [5, 5.41) is 11.2. The summed E-state index contributed by atoms with van der Waals surface area (Å²) in [5.74, 6) is 1.43. The molecule has 0 heterocycles. The summed E-state index contributed by atoms with van der Waals surface area (Å²) in [6, 6.07) is 10.3. The van der Waals surface area contributed by atoms with Crippen LogP contribution in [0.1, 0.15) is 33.3 Å². The van der Waals surface area contributed by atoms with Crippen molar-refractivity contribution in [2.24, 2.45) is 11.8 Å². The molecule has 0 bridgehead atoms. The molecule has 0 aliphatic rings. The third kappa shape index (κ3) is 10.4. The number of aryl methyl sites for hydroxylation is 1. The topological polar surface area (TPSA) is 23.8 Å². The highest BCUT2D eigenvalue weighted by Crippen LogP contribution is 2.13. The van der Waals surface area contributed by atoms with E-state index in [0.29, 0.717) is 11.8 Å². The van der Waals surface area contributed by atoms with Crippen LogP contribution in [0, 0.1) is 29.0 Å². The molecule has 1 rings (SSSR count). The summed E-state index contributed by atoms with van der Waals surface area (Å²) in [7, 11) is 0. The molecule has 1 nitrogen and oxygen atoms in total. The summed E-state index contributed by atoms with van der Waals surface area (Å²) >= 11 is -1.02. The van der Waals surface area contributed by atoms with Crippen LogP contribution in [0.15, 0.2) is 30.3 Å². The number of hydrogen-bond acceptors (Lipinski definition) is 1. The van der Waals surface area contributed by atoms with Crippen molar-refractivity contribution >= 4 is 14.1 Å². The highest BCUT2D eigenvalue weighted by Gasteiger charge is 2.20. The van der Waals surface area contributed by atoms with Crippen LogP contribution in [0.4, 0.5) is 0 Å². The first kappa shape index (κ1) is 17.2. The van der Waals surface area contributed by atoms with E-state index in [1.807, 2.05) is 18.2 Å². The van der Waals surface area contributed by atoms with Gasteiger partial charge in [0.05, 0.1) is 0 Å². The predicted molar refractivity (Wildman–Crippen MR) is 81.8 cm³/mol. The lowest BCUT2D eigenvalue weighted by atomic mass is 10.2. The average molecular weight is 259 g/mol. The lowest BCUT2D eigenvalue weighted by molar-refractivity contribution is 0.694. The van der Waals surface area contributed by atoms with Gasteiger partial charge in [0.2, 0.25) is 0 Å². The molecule has 0 aromatic heterocycles. The van der Waals surface area contributed by atoms with Gasteiger partial charge >= 0.3 is 14.1 Å². The van der Waals surface area contributed by atoms with E-state index in [9.17, 15) is 0 Å². The molecule has 0 saturated heterocycles. The third-order valence-corrected chi connectivity index (χ3v) is 6.02. The lowest BCUT2D eigenvalue weighted by Crippen LogP contribution is -2.15. The van der Waals surface area contributed by atoms with Crippen LogP contribution in [0.5, 0.6) is 0 Å². The zero-order valence-electron chi connectivity index (χ0n) is 12.5. The highest BCUT2D eigenvalue weighted by atomic mass is 27.2. The van der Waals surface area contributed by atoms with Crippen LogP contribution in [-0.4, -0.2) is 14.1 Å². The van der Waals surface area contributed by atoms with Gasteiger partial charge in [-0.15, -0.1) is 0 Å². The Morgan fingerprint density at radius 2 is 1.44 bits per heavy atom. The van der Waals surface area contributed by atoms with Gasteiger partial charge in [0.25, 0.3) is 0 Å². The molecule has 0 atom stereocenters. The molecule has 0 radical (unpaired) electrons. The lowest BCUT2D eigenvalue weighted by Gasteiger charge is -2.08. The summed E-state index contributed by atoms with van der Waals surface area (Å²) in [6.45, 7) is 10.9. The Bertz CT molecular complexity index is 328. The minimum atomic E-state index is -1.02. The molecular formula is C16H26AlN. The van der Waals surface area contributed by atoms with Gasteiger partial charge < -0.3 is 0 Å². The molecule has 0 fully saturated rings. The van der Waals surface area contributed by atoms with Crippen molar-refractivity contribution in [1.29, 1.82) is 5.26 Å². The number of rotatable bonds is 4. The predicted octanol–water partition coefficient (Wildman–Crippen LogP) is 4.85. The van der Waals surface area contributed by atoms with E-state index in [-0.39, 0.29) is 0 Å². The Morgan fingerprint density at radius 3 is 1.67 bits per heavy atom. The van der Waals surface area contributed by atoms with Gasteiger partial charge in [-0.2, -0.15) is 0 Å². The minimum Gasteiger partial charge on any atom is -0.225 e. The molecule has 1 aromatic carbocycles. The quantitative estimate of drug-likeness (QED) is 0.709. The summed E-state index contributed by atoms with van der Waals surface area (Å²) in [5.41, 5.74) is 1.32. The largest absolute Gasteiger partial charge is 0.422 e. The fourth-order valence-electron chi connectivity index (χ4n) is 1.87. The molecular weight excluding hydrogens is 233 g/mol. The molecule has 98 valence electrons.